The van der Waals surface area contributed by atoms with Crippen LogP contribution in [0.15, 0.2) is 30.3 Å². The van der Waals surface area contributed by atoms with Crippen LogP contribution in [0.2, 0.25) is 0 Å². The average Bonchev–Trinajstić information content (AvgIpc) is 2.85. The van der Waals surface area contributed by atoms with E-state index in [0.717, 1.165) is 52.0 Å². The van der Waals surface area contributed by atoms with Crippen LogP contribution in [0.4, 0.5) is 13.2 Å². The molecule has 1 aromatic rings. The number of aliphatic hydroxyl groups is 1. The number of carbonyl (C=O) groups excluding carboxylic acids is 2. The molecule has 0 aromatic heterocycles. The molecule has 0 spiro atoms. The molecule has 0 amide bonds. The maximum absolute atomic E-state index is 14.4. The van der Waals surface area contributed by atoms with Crippen LogP contribution >= 0.6 is 0 Å². The van der Waals surface area contributed by atoms with Crippen molar-refractivity contribution in [2.75, 3.05) is 14.2 Å². The van der Waals surface area contributed by atoms with Gasteiger partial charge in [-0.1, -0.05) is 76.8 Å². The average molecular weight is 533 g/mol. The molecular formula is C28H43F3O6. The van der Waals surface area contributed by atoms with Gasteiger partial charge in [0.15, 0.2) is 0 Å². The van der Waals surface area contributed by atoms with Crippen LogP contribution < -0.4 is 0 Å². The minimum Gasteiger partial charge on any atom is -0.469 e. The number of esters is 2. The fourth-order valence-corrected chi connectivity index (χ4v) is 4.91. The number of alkyl halides is 3. The molecule has 0 aliphatic heterocycles. The number of benzene rings is 1. The summed E-state index contributed by atoms with van der Waals surface area (Å²) in [5.74, 6) is -2.73. The molecule has 0 fully saturated rings. The molecule has 0 aliphatic carbocycles. The molecule has 0 saturated heterocycles. The zero-order chi connectivity index (χ0) is 28.3. The highest BCUT2D eigenvalue weighted by Gasteiger charge is 2.64. The summed E-state index contributed by atoms with van der Waals surface area (Å²) >= 11 is 0. The summed E-state index contributed by atoms with van der Waals surface area (Å²) in [5, 5.41) is 11.2. The Balaban J connectivity index is 3.33. The third-order valence-corrected chi connectivity index (χ3v) is 7.05. The molecular weight excluding hydrogens is 489 g/mol. The van der Waals surface area contributed by atoms with Gasteiger partial charge in [0, 0.05) is 12.7 Å². The molecule has 0 heterocycles. The number of unbranched alkanes of at least 4 members (excludes halogenated alkanes) is 1. The predicted octanol–water partition coefficient (Wildman–Crippen LogP) is 6.34. The van der Waals surface area contributed by atoms with Crippen molar-refractivity contribution in [3.05, 3.63) is 35.9 Å². The van der Waals surface area contributed by atoms with Gasteiger partial charge < -0.3 is 19.3 Å². The molecule has 212 valence electrons. The fraction of sp³-hybridized carbons (Fsp3) is 0.714. The van der Waals surface area contributed by atoms with Crippen molar-refractivity contribution in [1.29, 1.82) is 0 Å². The number of halogens is 3. The van der Waals surface area contributed by atoms with E-state index in [2.05, 4.69) is 13.8 Å². The maximum Gasteiger partial charge on any atom is 0.432 e. The van der Waals surface area contributed by atoms with E-state index in [-0.39, 0.29) is 12.3 Å². The number of ether oxygens (including phenoxy) is 3. The first-order valence-corrected chi connectivity index (χ1v) is 13.0. The Hall–Kier alpha value is -2.13. The van der Waals surface area contributed by atoms with Crippen molar-refractivity contribution in [2.24, 2.45) is 11.8 Å². The number of hydrogen-bond donors (Lipinski definition) is 1. The van der Waals surface area contributed by atoms with Gasteiger partial charge in [0.25, 0.3) is 5.60 Å². The lowest BCUT2D eigenvalue weighted by Gasteiger charge is -2.37. The monoisotopic (exact) mass is 532 g/mol. The molecule has 0 unspecified atom stereocenters. The topological polar surface area (TPSA) is 82.1 Å². The lowest BCUT2D eigenvalue weighted by Crippen LogP contribution is -2.53. The number of rotatable bonds is 16. The first-order valence-electron chi connectivity index (χ1n) is 13.0. The van der Waals surface area contributed by atoms with Crippen molar-refractivity contribution >= 4 is 11.9 Å². The van der Waals surface area contributed by atoms with Gasteiger partial charge >= 0.3 is 18.1 Å². The Labute approximate surface area is 218 Å². The molecule has 1 aromatic carbocycles. The minimum atomic E-state index is -5.14. The third kappa shape index (κ3) is 8.99. The summed E-state index contributed by atoms with van der Waals surface area (Å²) < 4.78 is 58.1. The van der Waals surface area contributed by atoms with Crippen LogP contribution in [-0.4, -0.2) is 49.1 Å². The second-order valence-electron chi connectivity index (χ2n) is 9.96. The zero-order valence-corrected chi connectivity index (χ0v) is 22.9. The molecule has 9 heteroatoms. The largest absolute Gasteiger partial charge is 0.469 e. The van der Waals surface area contributed by atoms with Crippen LogP contribution in [0.3, 0.4) is 0 Å². The SMILES string of the molecule is CCCC[C@H](CC)C[C@](C)(O)C[C@@H](CC)[C@@H](CC(=O)OC)OC(=O)[C@@](OC)(c1ccccc1)C(F)(F)F. The Kier molecular flexibility index (Phi) is 13.1. The van der Waals surface area contributed by atoms with Gasteiger partial charge in [0.05, 0.1) is 19.1 Å². The van der Waals surface area contributed by atoms with E-state index in [9.17, 15) is 27.9 Å². The predicted molar refractivity (Wildman–Crippen MR) is 135 cm³/mol. The van der Waals surface area contributed by atoms with Gasteiger partial charge in [-0.25, -0.2) is 4.79 Å². The standard InChI is InChI=1S/C28H43F3O6/c1-7-10-14-20(8-2)18-26(4,34)19-21(9-3)23(17-24(32)35-5)37-25(33)27(36-6,28(29,30)31)22-15-12-11-13-16-22/h11-13,15-16,20-21,23,34H,7-10,14,17-19H2,1-6H3/t20-,21+,23+,26-,27-/m0/s1. The van der Waals surface area contributed by atoms with Crippen LogP contribution in [0, 0.1) is 11.8 Å². The highest BCUT2D eigenvalue weighted by molar-refractivity contribution is 5.83. The zero-order valence-electron chi connectivity index (χ0n) is 22.9. The molecule has 5 atom stereocenters. The Morgan fingerprint density at radius 1 is 1.00 bits per heavy atom. The van der Waals surface area contributed by atoms with Crippen molar-refractivity contribution in [2.45, 2.75) is 103 Å². The van der Waals surface area contributed by atoms with Gasteiger partial charge in [-0.3, -0.25) is 4.79 Å². The molecule has 0 bridgehead atoms. The van der Waals surface area contributed by atoms with Crippen molar-refractivity contribution in [3.63, 3.8) is 0 Å². The smallest absolute Gasteiger partial charge is 0.432 e. The third-order valence-electron chi connectivity index (χ3n) is 7.05. The van der Waals surface area contributed by atoms with E-state index in [1.54, 1.807) is 13.8 Å². The van der Waals surface area contributed by atoms with E-state index in [4.69, 9.17) is 14.2 Å². The van der Waals surface area contributed by atoms with Gasteiger partial charge in [0.2, 0.25) is 0 Å². The molecule has 0 aliphatic rings. The van der Waals surface area contributed by atoms with Gasteiger partial charge in [-0.2, -0.15) is 13.2 Å². The lowest BCUT2D eigenvalue weighted by molar-refractivity contribution is -0.279. The summed E-state index contributed by atoms with van der Waals surface area (Å²) in [5.41, 5.74) is -4.98. The summed E-state index contributed by atoms with van der Waals surface area (Å²) in [4.78, 5) is 25.5. The lowest BCUT2D eigenvalue weighted by atomic mass is 9.79. The Morgan fingerprint density at radius 2 is 1.62 bits per heavy atom. The Bertz CT molecular complexity index is 827. The van der Waals surface area contributed by atoms with Crippen molar-refractivity contribution in [1.82, 2.24) is 0 Å². The molecule has 6 nitrogen and oxygen atoms in total. The molecule has 1 rings (SSSR count). The molecule has 0 radical (unpaired) electrons. The quantitative estimate of drug-likeness (QED) is 0.250. The Morgan fingerprint density at radius 3 is 2.08 bits per heavy atom. The fourth-order valence-electron chi connectivity index (χ4n) is 4.91. The van der Waals surface area contributed by atoms with Crippen LogP contribution in [0.5, 0.6) is 0 Å². The summed E-state index contributed by atoms with van der Waals surface area (Å²) in [6, 6.07) is 6.52. The van der Waals surface area contributed by atoms with E-state index in [1.165, 1.54) is 18.2 Å². The number of hydrogen-bond acceptors (Lipinski definition) is 6. The minimum absolute atomic E-state index is 0.137. The van der Waals surface area contributed by atoms with E-state index < -0.39 is 53.3 Å². The summed E-state index contributed by atoms with van der Waals surface area (Å²) in [6.07, 6.45) is -1.95. The molecule has 0 saturated carbocycles. The molecule has 37 heavy (non-hydrogen) atoms. The summed E-state index contributed by atoms with van der Waals surface area (Å²) in [6.45, 7) is 7.61. The van der Waals surface area contributed by atoms with Gasteiger partial charge in [0.1, 0.15) is 6.10 Å². The van der Waals surface area contributed by atoms with Crippen LogP contribution in [-0.2, 0) is 29.4 Å². The number of carbonyl (C=O) groups is 2. The van der Waals surface area contributed by atoms with Gasteiger partial charge in [-0.05, 0) is 38.0 Å². The first-order chi connectivity index (χ1) is 17.3. The van der Waals surface area contributed by atoms with Gasteiger partial charge in [-0.15, -0.1) is 0 Å². The first kappa shape index (κ1) is 32.9. The second-order valence-corrected chi connectivity index (χ2v) is 9.96. The summed E-state index contributed by atoms with van der Waals surface area (Å²) in [7, 11) is 1.94. The van der Waals surface area contributed by atoms with Crippen LogP contribution in [0.1, 0.15) is 84.6 Å². The normalized spacial score (nSPS) is 17.7. The second kappa shape index (κ2) is 14.7. The highest BCUT2D eigenvalue weighted by atomic mass is 19.4. The molecule has 1 N–H and O–H groups in total. The highest BCUT2D eigenvalue weighted by Crippen LogP contribution is 2.44. The van der Waals surface area contributed by atoms with E-state index >= 15 is 0 Å². The van der Waals surface area contributed by atoms with E-state index in [1.807, 2.05) is 0 Å². The van der Waals surface area contributed by atoms with Crippen LogP contribution in [0.25, 0.3) is 0 Å². The maximum atomic E-state index is 14.4. The number of methoxy groups -OCH3 is 2. The van der Waals surface area contributed by atoms with E-state index in [0.29, 0.717) is 12.8 Å². The van der Waals surface area contributed by atoms with Crippen molar-refractivity contribution < 1.29 is 42.1 Å². The van der Waals surface area contributed by atoms with Crippen molar-refractivity contribution in [3.8, 4) is 0 Å².